The number of halogens is 4. The van der Waals surface area contributed by atoms with Crippen molar-refractivity contribution in [2.24, 2.45) is 0 Å². The van der Waals surface area contributed by atoms with Crippen LogP contribution in [0.2, 0.25) is 0 Å². The summed E-state index contributed by atoms with van der Waals surface area (Å²) in [6.45, 7) is 2.66. The van der Waals surface area contributed by atoms with Gasteiger partial charge in [0.05, 0.1) is 16.6 Å². The maximum atomic E-state index is 12.8. The van der Waals surface area contributed by atoms with E-state index in [9.17, 15) is 22.8 Å². The summed E-state index contributed by atoms with van der Waals surface area (Å²) in [6, 6.07) is 15.4. The molecule has 9 heteroatoms. The minimum absolute atomic E-state index is 0.0323. The van der Waals surface area contributed by atoms with Crippen molar-refractivity contribution in [3.63, 3.8) is 0 Å². The molecule has 0 atom stereocenters. The van der Waals surface area contributed by atoms with E-state index in [1.807, 2.05) is 0 Å². The molecule has 0 fully saturated rings. The predicted molar refractivity (Wildman–Crippen MR) is 128 cm³/mol. The van der Waals surface area contributed by atoms with Crippen molar-refractivity contribution >= 4 is 39.1 Å². The lowest BCUT2D eigenvalue weighted by Gasteiger charge is -2.11. The third-order valence-corrected chi connectivity index (χ3v) is 5.42. The second-order valence-electron chi connectivity index (χ2n) is 7.41. The van der Waals surface area contributed by atoms with E-state index in [4.69, 9.17) is 4.74 Å². The molecule has 5 nitrogen and oxygen atoms in total. The Kier molecular flexibility index (Phi) is 8.33. The van der Waals surface area contributed by atoms with E-state index in [2.05, 4.69) is 33.5 Å². The van der Waals surface area contributed by atoms with Crippen LogP contribution in [-0.2, 0) is 6.18 Å². The van der Waals surface area contributed by atoms with E-state index in [1.54, 1.807) is 18.2 Å². The van der Waals surface area contributed by atoms with Crippen LogP contribution in [0, 0.1) is 0 Å². The summed E-state index contributed by atoms with van der Waals surface area (Å²) in [5.41, 5.74) is 0.285. The zero-order chi connectivity index (χ0) is 24.7. The van der Waals surface area contributed by atoms with Gasteiger partial charge in [-0.1, -0.05) is 19.4 Å². The van der Waals surface area contributed by atoms with Gasteiger partial charge in [0.1, 0.15) is 5.75 Å². The molecule has 0 unspecified atom stereocenters. The Morgan fingerprint density at radius 3 is 2.18 bits per heavy atom. The van der Waals surface area contributed by atoms with Crippen LogP contribution in [-0.4, -0.2) is 18.4 Å². The Labute approximate surface area is 203 Å². The minimum Gasteiger partial charge on any atom is -0.492 e. The first-order chi connectivity index (χ1) is 16.2. The molecule has 0 aliphatic carbocycles. The lowest BCUT2D eigenvalue weighted by Crippen LogP contribution is -2.14. The molecule has 0 saturated heterocycles. The van der Waals surface area contributed by atoms with E-state index in [1.165, 1.54) is 36.4 Å². The zero-order valence-electron chi connectivity index (χ0n) is 18.2. The normalized spacial score (nSPS) is 11.1. The molecule has 3 aromatic rings. The number of unbranched alkanes of at least 4 members (excludes halogenated alkanes) is 1. The van der Waals surface area contributed by atoms with Gasteiger partial charge < -0.3 is 15.4 Å². The summed E-state index contributed by atoms with van der Waals surface area (Å²) < 4.78 is 44.9. The fourth-order valence-corrected chi connectivity index (χ4v) is 3.46. The quantitative estimate of drug-likeness (QED) is 0.301. The molecule has 0 radical (unpaired) electrons. The van der Waals surface area contributed by atoms with Gasteiger partial charge in [0.25, 0.3) is 11.8 Å². The van der Waals surface area contributed by atoms with Gasteiger partial charge in [0, 0.05) is 22.5 Å². The Morgan fingerprint density at radius 1 is 0.882 bits per heavy atom. The maximum absolute atomic E-state index is 12.8. The zero-order valence-corrected chi connectivity index (χ0v) is 19.8. The molecule has 0 bridgehead atoms. The average molecular weight is 535 g/mol. The molecule has 34 heavy (non-hydrogen) atoms. The van der Waals surface area contributed by atoms with Crippen LogP contribution in [0.5, 0.6) is 5.75 Å². The van der Waals surface area contributed by atoms with Crippen LogP contribution in [0.15, 0.2) is 71.2 Å². The second kappa shape index (κ2) is 11.2. The van der Waals surface area contributed by atoms with Gasteiger partial charge in [-0.3, -0.25) is 9.59 Å². The van der Waals surface area contributed by atoms with Crippen LogP contribution in [0.4, 0.5) is 24.5 Å². The van der Waals surface area contributed by atoms with Crippen LogP contribution in [0.1, 0.15) is 46.0 Å². The topological polar surface area (TPSA) is 67.4 Å². The van der Waals surface area contributed by atoms with Crippen molar-refractivity contribution < 1.29 is 27.5 Å². The number of carbonyl (C=O) groups is 2. The van der Waals surface area contributed by atoms with Gasteiger partial charge in [0.2, 0.25) is 0 Å². The third-order valence-electron chi connectivity index (χ3n) is 4.80. The van der Waals surface area contributed by atoms with Crippen molar-refractivity contribution in [1.29, 1.82) is 0 Å². The number of hydrogen-bond acceptors (Lipinski definition) is 3. The lowest BCUT2D eigenvalue weighted by molar-refractivity contribution is -0.137. The highest BCUT2D eigenvalue weighted by Crippen LogP contribution is 2.31. The maximum Gasteiger partial charge on any atom is 0.416 e. The monoisotopic (exact) mass is 534 g/mol. The van der Waals surface area contributed by atoms with Crippen molar-refractivity contribution in [2.75, 3.05) is 17.2 Å². The Bertz CT molecular complexity index is 1160. The number of nitrogens with one attached hydrogen (secondary N) is 2. The molecule has 0 saturated carbocycles. The van der Waals surface area contributed by atoms with Crippen LogP contribution < -0.4 is 15.4 Å². The average Bonchev–Trinajstić information content (AvgIpc) is 2.80. The van der Waals surface area contributed by atoms with Crippen molar-refractivity contribution in [1.82, 2.24) is 0 Å². The molecule has 2 amide bonds. The SMILES string of the molecule is CCCCOc1ccc(C(=O)Nc2ccc(C(=O)Nc3cccc(C(F)(F)F)c3)cc2)cc1Br. The van der Waals surface area contributed by atoms with Gasteiger partial charge in [0.15, 0.2) is 0 Å². The van der Waals surface area contributed by atoms with E-state index < -0.39 is 17.6 Å². The number of rotatable bonds is 8. The van der Waals surface area contributed by atoms with E-state index in [0.717, 1.165) is 25.0 Å². The van der Waals surface area contributed by atoms with Crippen molar-refractivity contribution in [3.8, 4) is 5.75 Å². The molecule has 0 heterocycles. The first kappa shape index (κ1) is 25.3. The summed E-state index contributed by atoms with van der Waals surface area (Å²) in [6.07, 6.45) is -2.55. The smallest absolute Gasteiger partial charge is 0.416 e. The number of anilines is 2. The molecule has 3 rings (SSSR count). The lowest BCUT2D eigenvalue weighted by atomic mass is 10.1. The summed E-state index contributed by atoms with van der Waals surface area (Å²) in [5.74, 6) is -0.261. The van der Waals surface area contributed by atoms with Gasteiger partial charge in [-0.05, 0) is 83.0 Å². The molecular formula is C25H22BrF3N2O3. The summed E-state index contributed by atoms with van der Waals surface area (Å²) in [7, 11) is 0. The van der Waals surface area contributed by atoms with Gasteiger partial charge in [-0.15, -0.1) is 0 Å². The van der Waals surface area contributed by atoms with Gasteiger partial charge >= 0.3 is 6.18 Å². The van der Waals surface area contributed by atoms with E-state index in [-0.39, 0.29) is 17.2 Å². The highest BCUT2D eigenvalue weighted by Gasteiger charge is 2.30. The van der Waals surface area contributed by atoms with Gasteiger partial charge in [-0.25, -0.2) is 0 Å². The Hall–Kier alpha value is -3.33. The number of alkyl halides is 3. The van der Waals surface area contributed by atoms with Gasteiger partial charge in [-0.2, -0.15) is 13.2 Å². The standard InChI is InChI=1S/C25H22BrF3N2O3/c1-2-3-13-34-22-12-9-17(14-21(22)26)24(33)30-19-10-7-16(8-11-19)23(32)31-20-6-4-5-18(15-20)25(27,28)29/h4-12,14-15H,2-3,13H2,1H3,(H,30,33)(H,31,32). The molecule has 2 N–H and O–H groups in total. The largest absolute Gasteiger partial charge is 0.492 e. The number of hydrogen-bond donors (Lipinski definition) is 2. The molecule has 0 aliphatic rings. The second-order valence-corrected chi connectivity index (χ2v) is 8.27. The van der Waals surface area contributed by atoms with E-state index >= 15 is 0 Å². The first-order valence-electron chi connectivity index (χ1n) is 10.5. The van der Waals surface area contributed by atoms with Crippen molar-refractivity contribution in [3.05, 3.63) is 87.9 Å². The highest BCUT2D eigenvalue weighted by molar-refractivity contribution is 9.10. The summed E-state index contributed by atoms with van der Waals surface area (Å²) >= 11 is 3.41. The first-order valence-corrected chi connectivity index (χ1v) is 11.3. The molecule has 178 valence electrons. The third kappa shape index (κ3) is 6.84. The fraction of sp³-hybridized carbons (Fsp3) is 0.200. The number of amides is 2. The Balaban J connectivity index is 1.62. The molecule has 0 spiro atoms. The van der Waals surface area contributed by atoms with E-state index in [0.29, 0.717) is 28.1 Å². The molecular weight excluding hydrogens is 513 g/mol. The van der Waals surface area contributed by atoms with Crippen molar-refractivity contribution in [2.45, 2.75) is 25.9 Å². The van der Waals surface area contributed by atoms with Crippen LogP contribution in [0.3, 0.4) is 0 Å². The highest BCUT2D eigenvalue weighted by atomic mass is 79.9. The summed E-state index contributed by atoms with van der Waals surface area (Å²) in [5, 5.41) is 5.18. The predicted octanol–water partition coefficient (Wildman–Crippen LogP) is 7.15. The molecule has 0 aliphatic heterocycles. The fourth-order valence-electron chi connectivity index (χ4n) is 2.97. The molecule has 3 aromatic carbocycles. The number of ether oxygens (including phenoxy) is 1. The Morgan fingerprint density at radius 2 is 1.53 bits per heavy atom. The minimum atomic E-state index is -4.50. The summed E-state index contributed by atoms with van der Waals surface area (Å²) in [4.78, 5) is 25.0. The van der Waals surface area contributed by atoms with Crippen LogP contribution >= 0.6 is 15.9 Å². The number of benzene rings is 3. The number of carbonyl (C=O) groups excluding carboxylic acids is 2. The van der Waals surface area contributed by atoms with Crippen LogP contribution in [0.25, 0.3) is 0 Å². The molecule has 0 aromatic heterocycles.